The Morgan fingerprint density at radius 2 is 2.00 bits per heavy atom. The van der Waals surface area contributed by atoms with Crippen LogP contribution < -0.4 is 4.74 Å². The van der Waals surface area contributed by atoms with Crippen molar-refractivity contribution in [3.05, 3.63) is 29.8 Å². The van der Waals surface area contributed by atoms with Gasteiger partial charge in [0.05, 0.1) is 5.56 Å². The highest BCUT2D eigenvalue weighted by Gasteiger charge is 2.11. The van der Waals surface area contributed by atoms with E-state index in [1.807, 2.05) is 18.2 Å². The Morgan fingerprint density at radius 3 is 2.60 bits per heavy atom. The molecule has 0 fully saturated rings. The molecular formula is C16H25NO3. The zero-order valence-corrected chi connectivity index (χ0v) is 12.6. The lowest BCUT2D eigenvalue weighted by Crippen LogP contribution is -2.35. The molecule has 0 unspecified atom stereocenters. The number of rotatable bonds is 9. The molecule has 0 spiro atoms. The third kappa shape index (κ3) is 5.31. The first kappa shape index (κ1) is 16.7. The van der Waals surface area contributed by atoms with Gasteiger partial charge in [-0.25, -0.2) is 0 Å². The van der Waals surface area contributed by atoms with E-state index < -0.39 is 0 Å². The largest absolute Gasteiger partial charge is 0.491 e. The van der Waals surface area contributed by atoms with E-state index in [4.69, 9.17) is 9.84 Å². The van der Waals surface area contributed by atoms with Crippen LogP contribution in [0.4, 0.5) is 0 Å². The minimum Gasteiger partial charge on any atom is -0.491 e. The number of carbonyl (C=O) groups is 1. The number of ether oxygens (including phenoxy) is 1. The number of para-hydroxylation sites is 1. The molecule has 20 heavy (non-hydrogen) atoms. The highest BCUT2D eigenvalue weighted by Crippen LogP contribution is 2.18. The predicted molar refractivity (Wildman–Crippen MR) is 80.4 cm³/mol. The lowest BCUT2D eigenvalue weighted by molar-refractivity contribution is 0.101. The number of Topliss-reactive ketones (excluding diaryl/α,β-unsaturated/α-hetero) is 1. The Balaban J connectivity index is 2.52. The molecule has 112 valence electrons. The highest BCUT2D eigenvalue weighted by atomic mass is 16.5. The van der Waals surface area contributed by atoms with E-state index in [1.54, 1.807) is 13.0 Å². The van der Waals surface area contributed by atoms with Crippen molar-refractivity contribution in [2.45, 2.75) is 33.2 Å². The zero-order valence-electron chi connectivity index (χ0n) is 12.6. The minimum atomic E-state index is 0.0154. The van der Waals surface area contributed by atoms with E-state index in [9.17, 15) is 4.79 Å². The van der Waals surface area contributed by atoms with Crippen molar-refractivity contribution in [2.24, 2.45) is 0 Å². The normalized spacial score (nSPS) is 11.1. The zero-order chi connectivity index (χ0) is 15.0. The first-order valence-electron chi connectivity index (χ1n) is 7.14. The smallest absolute Gasteiger partial charge is 0.163 e. The number of ketones is 1. The summed E-state index contributed by atoms with van der Waals surface area (Å²) in [5.41, 5.74) is 0.624. The first-order chi connectivity index (χ1) is 9.56. The summed E-state index contributed by atoms with van der Waals surface area (Å²) >= 11 is 0. The molecule has 0 aromatic heterocycles. The second-order valence-corrected chi connectivity index (χ2v) is 5.11. The number of nitrogens with zero attached hydrogens (tertiary/aromatic N) is 1. The third-order valence-corrected chi connectivity index (χ3v) is 3.24. The van der Waals surface area contributed by atoms with Crippen LogP contribution in [0.1, 0.15) is 37.6 Å². The molecule has 0 bridgehead atoms. The van der Waals surface area contributed by atoms with Crippen molar-refractivity contribution < 1.29 is 14.6 Å². The molecule has 0 aliphatic heterocycles. The third-order valence-electron chi connectivity index (χ3n) is 3.24. The van der Waals surface area contributed by atoms with E-state index >= 15 is 0 Å². The van der Waals surface area contributed by atoms with E-state index in [2.05, 4.69) is 18.7 Å². The van der Waals surface area contributed by atoms with Crippen molar-refractivity contribution in [1.29, 1.82) is 0 Å². The second kappa shape index (κ2) is 8.72. The molecule has 0 heterocycles. The fraction of sp³-hybridized carbons (Fsp3) is 0.562. The van der Waals surface area contributed by atoms with E-state index in [1.165, 1.54) is 0 Å². The minimum absolute atomic E-state index is 0.0154. The Hall–Kier alpha value is -1.39. The summed E-state index contributed by atoms with van der Waals surface area (Å²) in [6.07, 6.45) is 0.766. The molecule has 1 aromatic carbocycles. The first-order valence-corrected chi connectivity index (χ1v) is 7.14. The standard InChI is InChI=1S/C16H25NO3/c1-13(2)17(9-6-11-18)10-12-20-16-8-5-4-7-15(16)14(3)19/h4-5,7-8,13,18H,6,9-12H2,1-3H3. The predicted octanol–water partition coefficient (Wildman–Crippen LogP) is 2.36. The van der Waals surface area contributed by atoms with Crippen LogP contribution in [-0.2, 0) is 0 Å². The van der Waals surface area contributed by atoms with Crippen LogP contribution in [0.25, 0.3) is 0 Å². The summed E-state index contributed by atoms with van der Waals surface area (Å²) in [6.45, 7) is 8.17. The number of aliphatic hydroxyl groups is 1. The van der Waals surface area contributed by atoms with Crippen molar-refractivity contribution >= 4 is 5.78 Å². The van der Waals surface area contributed by atoms with Crippen LogP contribution >= 0.6 is 0 Å². The number of hydrogen-bond donors (Lipinski definition) is 1. The van der Waals surface area contributed by atoms with Crippen molar-refractivity contribution in [3.8, 4) is 5.75 Å². The summed E-state index contributed by atoms with van der Waals surface area (Å²) in [6, 6.07) is 7.72. The average molecular weight is 279 g/mol. The van der Waals surface area contributed by atoms with E-state index in [0.29, 0.717) is 24.0 Å². The summed E-state index contributed by atoms with van der Waals surface area (Å²) in [4.78, 5) is 13.8. The molecule has 1 N–H and O–H groups in total. The van der Waals surface area contributed by atoms with Crippen molar-refractivity contribution in [2.75, 3.05) is 26.3 Å². The maximum absolute atomic E-state index is 11.5. The fourth-order valence-corrected chi connectivity index (χ4v) is 2.06. The number of carbonyl (C=O) groups excluding carboxylic acids is 1. The summed E-state index contributed by atoms with van der Waals surface area (Å²) < 4.78 is 5.73. The van der Waals surface area contributed by atoms with Gasteiger partial charge in [-0.2, -0.15) is 0 Å². The molecule has 0 amide bonds. The number of aliphatic hydroxyl groups excluding tert-OH is 1. The monoisotopic (exact) mass is 279 g/mol. The van der Waals surface area contributed by atoms with Crippen LogP contribution in [0.3, 0.4) is 0 Å². The van der Waals surface area contributed by atoms with Crippen LogP contribution in [0.15, 0.2) is 24.3 Å². The van der Waals surface area contributed by atoms with Gasteiger partial charge in [0.1, 0.15) is 12.4 Å². The summed E-state index contributed by atoms with van der Waals surface area (Å²) in [7, 11) is 0. The Bertz CT molecular complexity index is 418. The van der Waals surface area contributed by atoms with E-state index in [-0.39, 0.29) is 12.4 Å². The quantitative estimate of drug-likeness (QED) is 0.705. The van der Waals surface area contributed by atoms with Gasteiger partial charge < -0.3 is 9.84 Å². The van der Waals surface area contributed by atoms with Gasteiger partial charge in [-0.1, -0.05) is 12.1 Å². The highest BCUT2D eigenvalue weighted by molar-refractivity contribution is 5.96. The van der Waals surface area contributed by atoms with E-state index in [0.717, 1.165) is 19.5 Å². The maximum Gasteiger partial charge on any atom is 0.163 e. The van der Waals surface area contributed by atoms with Crippen LogP contribution in [0.5, 0.6) is 5.75 Å². The van der Waals surface area contributed by atoms with Crippen LogP contribution in [0, 0.1) is 0 Å². The molecule has 4 nitrogen and oxygen atoms in total. The molecule has 0 atom stereocenters. The Labute approximate surface area is 121 Å². The summed E-state index contributed by atoms with van der Waals surface area (Å²) in [5, 5.41) is 8.90. The topological polar surface area (TPSA) is 49.8 Å². The van der Waals surface area contributed by atoms with Gasteiger partial charge in [-0.15, -0.1) is 0 Å². The average Bonchev–Trinajstić information content (AvgIpc) is 2.42. The van der Waals surface area contributed by atoms with Crippen molar-refractivity contribution in [1.82, 2.24) is 4.90 Å². The Kier molecular flexibility index (Phi) is 7.26. The van der Waals surface area contributed by atoms with Gasteiger partial charge in [0.2, 0.25) is 0 Å². The molecule has 0 saturated heterocycles. The molecular weight excluding hydrogens is 254 g/mol. The van der Waals surface area contributed by atoms with Gasteiger partial charge in [-0.3, -0.25) is 9.69 Å². The van der Waals surface area contributed by atoms with Gasteiger partial charge in [0.15, 0.2) is 5.78 Å². The van der Waals surface area contributed by atoms with Gasteiger partial charge in [0, 0.05) is 25.7 Å². The molecule has 0 saturated carbocycles. The molecule has 4 heteroatoms. The maximum atomic E-state index is 11.5. The SMILES string of the molecule is CC(=O)c1ccccc1OCCN(CCCO)C(C)C. The molecule has 0 aliphatic carbocycles. The van der Waals surface area contributed by atoms with Gasteiger partial charge in [0.25, 0.3) is 0 Å². The van der Waals surface area contributed by atoms with Crippen LogP contribution in [0.2, 0.25) is 0 Å². The number of hydrogen-bond acceptors (Lipinski definition) is 4. The summed E-state index contributed by atoms with van der Waals surface area (Å²) in [5.74, 6) is 0.660. The molecule has 1 aromatic rings. The molecule has 0 aliphatic rings. The van der Waals surface area contributed by atoms with Gasteiger partial charge >= 0.3 is 0 Å². The molecule has 0 radical (unpaired) electrons. The van der Waals surface area contributed by atoms with Crippen LogP contribution in [-0.4, -0.2) is 48.1 Å². The second-order valence-electron chi connectivity index (χ2n) is 5.11. The van der Waals surface area contributed by atoms with Crippen molar-refractivity contribution in [3.63, 3.8) is 0 Å². The fourth-order valence-electron chi connectivity index (χ4n) is 2.06. The lowest BCUT2D eigenvalue weighted by Gasteiger charge is -2.26. The van der Waals surface area contributed by atoms with Gasteiger partial charge in [-0.05, 0) is 39.3 Å². The number of benzene rings is 1. The Morgan fingerprint density at radius 1 is 1.30 bits per heavy atom. The molecule has 1 rings (SSSR count). The lowest BCUT2D eigenvalue weighted by atomic mass is 10.1.